The molecule has 0 bridgehead atoms. The molecular weight excluding hydrogens is 916 g/mol. The summed E-state index contributed by atoms with van der Waals surface area (Å²) < 4.78 is 12.6. The van der Waals surface area contributed by atoms with Gasteiger partial charge in [-0.25, -0.2) is 0 Å². The van der Waals surface area contributed by atoms with Crippen molar-refractivity contribution in [3.63, 3.8) is 0 Å². The zero-order valence-corrected chi connectivity index (χ0v) is 37.6. The van der Waals surface area contributed by atoms with Crippen LogP contribution >= 0.6 is 0 Å². The molecular formula is C54H50N4OPt-2. The van der Waals surface area contributed by atoms with Crippen molar-refractivity contribution in [1.29, 1.82) is 0 Å². The molecule has 8 aromatic rings. The zero-order chi connectivity index (χ0) is 41.8. The Labute approximate surface area is 365 Å². The van der Waals surface area contributed by atoms with Crippen LogP contribution in [0.4, 0.5) is 11.5 Å². The second kappa shape index (κ2) is 15.7. The number of pyridine rings is 1. The van der Waals surface area contributed by atoms with Crippen LogP contribution in [0.5, 0.6) is 11.5 Å². The number of para-hydroxylation sites is 3. The van der Waals surface area contributed by atoms with Gasteiger partial charge < -0.3 is 0 Å². The molecule has 3 heterocycles. The van der Waals surface area contributed by atoms with E-state index in [9.17, 15) is 0 Å². The molecule has 2 aromatic heterocycles. The number of rotatable bonds is 7. The normalized spacial score (nSPS) is 14.3. The van der Waals surface area contributed by atoms with E-state index in [0.29, 0.717) is 11.5 Å². The first-order chi connectivity index (χ1) is 28.8. The van der Waals surface area contributed by atoms with Gasteiger partial charge in [-0.2, -0.15) is 0 Å². The summed E-state index contributed by atoms with van der Waals surface area (Å²) in [5, 5.41) is 0. The summed E-state index contributed by atoms with van der Waals surface area (Å²) in [6.45, 7) is 15.8. The first kappa shape index (κ1) is 39.7. The van der Waals surface area contributed by atoms with Gasteiger partial charge in [0.2, 0.25) is 0 Å². The monoisotopic (exact) mass is 965 g/mol. The molecule has 9 rings (SSSR count). The van der Waals surface area contributed by atoms with Crippen molar-refractivity contribution in [2.45, 2.75) is 78.2 Å². The van der Waals surface area contributed by atoms with Gasteiger partial charge in [-0.05, 0) is 17.0 Å². The summed E-state index contributed by atoms with van der Waals surface area (Å²) in [5.74, 6) is 2.24. The number of nitrogens with zero attached hydrogens (tertiary/aromatic N) is 4. The summed E-state index contributed by atoms with van der Waals surface area (Å²) in [6.07, 6.45) is 3.96. The van der Waals surface area contributed by atoms with Crippen molar-refractivity contribution in [1.82, 2.24) is 14.1 Å². The van der Waals surface area contributed by atoms with Crippen LogP contribution in [0.25, 0.3) is 44.7 Å². The maximum atomic E-state index is 6.86. The molecule has 0 N–H and O–H groups in total. The number of aryl methyl sites for hydroxylation is 1. The maximum absolute atomic E-state index is 6.86. The molecule has 0 saturated carbocycles. The molecule has 6 aromatic carbocycles. The molecule has 1 aliphatic rings. The van der Waals surface area contributed by atoms with Gasteiger partial charge in [-0.15, -0.1) is 0 Å². The Hall–Kier alpha value is -5.77. The van der Waals surface area contributed by atoms with Crippen molar-refractivity contribution in [3.05, 3.63) is 178 Å². The SMILES string of the molecule is CC1CCc2ccc(Oc3[c-]c(-n4[c](=[Pt])n(-c5c(-c6ccccc6)cccc5-c5ccccc5)c5ccccc54)cc(C(C)(C)C)c3)[c-]c2N1c1cc(C(C)(C)C)ccn1. The van der Waals surface area contributed by atoms with Crippen LogP contribution in [-0.4, -0.2) is 20.2 Å². The van der Waals surface area contributed by atoms with Crippen molar-refractivity contribution in [2.24, 2.45) is 0 Å². The molecule has 1 unspecified atom stereocenters. The van der Waals surface area contributed by atoms with Crippen LogP contribution in [0.15, 0.2) is 146 Å². The summed E-state index contributed by atoms with van der Waals surface area (Å²) in [5.41, 5.74) is 13.4. The third-order valence-corrected chi connectivity index (χ3v) is 12.7. The van der Waals surface area contributed by atoms with Crippen LogP contribution in [0.3, 0.4) is 0 Å². The number of fused-ring (bicyclic) bond motifs is 2. The molecule has 1 aliphatic heterocycles. The molecule has 304 valence electrons. The number of imidazole rings is 1. The van der Waals surface area contributed by atoms with E-state index in [-0.39, 0.29) is 16.9 Å². The molecule has 6 heteroatoms. The fourth-order valence-corrected chi connectivity index (χ4v) is 9.41. The van der Waals surface area contributed by atoms with Crippen LogP contribution < -0.4 is 9.64 Å². The minimum Gasteiger partial charge on any atom is -0.0561 e. The molecule has 0 radical (unpaired) electrons. The number of benzene rings is 6. The molecule has 0 fully saturated rings. The number of hydrogen-bond acceptors (Lipinski definition) is 3. The Morgan fingerprint density at radius 3 is 1.88 bits per heavy atom. The van der Waals surface area contributed by atoms with Gasteiger partial charge >= 0.3 is 323 Å². The van der Waals surface area contributed by atoms with Crippen LogP contribution in [0, 0.1) is 15.9 Å². The topological polar surface area (TPSA) is 35.2 Å². The van der Waals surface area contributed by atoms with Gasteiger partial charge in [0, 0.05) is 6.20 Å². The molecule has 60 heavy (non-hydrogen) atoms. The fraction of sp³-hybridized carbons (Fsp3) is 0.222. The molecule has 5 nitrogen and oxygen atoms in total. The van der Waals surface area contributed by atoms with Gasteiger partial charge in [0.05, 0.1) is 0 Å². The molecule has 0 aliphatic carbocycles. The number of aromatic nitrogens is 3. The van der Waals surface area contributed by atoms with Gasteiger partial charge in [-0.1, -0.05) is 20.8 Å². The second-order valence-electron chi connectivity index (χ2n) is 17.9. The van der Waals surface area contributed by atoms with Crippen LogP contribution in [0.1, 0.15) is 71.6 Å². The van der Waals surface area contributed by atoms with E-state index in [1.807, 2.05) is 6.20 Å². The standard InChI is InChI=1S/C54H50N4O.Pt/c1-37-25-26-40-27-28-44(35-50(40)58(37)51-33-41(29-30-55-51)53(2,3)4)59-45-32-42(54(5,6)7)31-43(34-45)56-36-57(49-24-15-14-23-48(49)56)52-46(38-17-10-8-11-18-38)21-16-22-47(52)39-19-12-9-13-20-39;/h8-24,27-33,37H,25-26H2,1-7H3;/q-2;. The van der Waals surface area contributed by atoms with Crippen LogP contribution in [-0.2, 0) is 36.6 Å². The molecule has 0 spiro atoms. The Morgan fingerprint density at radius 1 is 0.633 bits per heavy atom. The first-order valence-corrected chi connectivity index (χ1v) is 22.0. The van der Waals surface area contributed by atoms with E-state index < -0.39 is 0 Å². The molecule has 0 amide bonds. The van der Waals surface area contributed by atoms with E-state index in [4.69, 9.17) is 9.72 Å². The predicted molar refractivity (Wildman–Crippen MR) is 242 cm³/mol. The van der Waals surface area contributed by atoms with E-state index in [1.54, 1.807) is 0 Å². The Morgan fingerprint density at radius 2 is 1.25 bits per heavy atom. The summed E-state index contributed by atoms with van der Waals surface area (Å²) in [7, 11) is 0. The van der Waals surface area contributed by atoms with Gasteiger partial charge in [0.15, 0.2) is 0 Å². The minimum absolute atomic E-state index is 0.0114. The van der Waals surface area contributed by atoms with Gasteiger partial charge in [0.1, 0.15) is 0 Å². The first-order valence-electron chi connectivity index (χ1n) is 20.8. The third kappa shape index (κ3) is 7.50. The average molecular weight is 966 g/mol. The second-order valence-corrected chi connectivity index (χ2v) is 18.9. The summed E-state index contributed by atoms with van der Waals surface area (Å²) in [4.78, 5) is 7.22. The van der Waals surface area contributed by atoms with E-state index >= 15 is 0 Å². The quantitative estimate of drug-likeness (QED) is 0.149. The van der Waals surface area contributed by atoms with Crippen molar-refractivity contribution < 1.29 is 24.1 Å². The number of ether oxygens (including phenoxy) is 1. The summed E-state index contributed by atoms with van der Waals surface area (Å²) in [6, 6.07) is 57.4. The van der Waals surface area contributed by atoms with E-state index in [2.05, 4.69) is 234 Å². The fourth-order valence-electron chi connectivity index (χ4n) is 8.34. The average Bonchev–Trinajstić information content (AvgIpc) is 3.54. The van der Waals surface area contributed by atoms with Crippen molar-refractivity contribution in [3.8, 4) is 45.1 Å². The summed E-state index contributed by atoms with van der Waals surface area (Å²) >= 11 is 2.51. The Balaban J connectivity index is 1.20. The van der Waals surface area contributed by atoms with Gasteiger partial charge in [0.25, 0.3) is 0 Å². The van der Waals surface area contributed by atoms with Crippen molar-refractivity contribution >= 4 is 22.5 Å². The number of anilines is 2. The van der Waals surface area contributed by atoms with E-state index in [1.165, 1.54) is 11.1 Å². The van der Waals surface area contributed by atoms with Gasteiger partial charge in [-0.3, -0.25) is 0 Å². The molecule has 0 saturated heterocycles. The van der Waals surface area contributed by atoms with E-state index in [0.717, 1.165) is 78.4 Å². The smallest absolute Gasteiger partial charge is 0.0561 e. The molecule has 1 atom stereocenters. The number of hydrogen-bond donors (Lipinski definition) is 0. The Kier molecular flexibility index (Phi) is 10.4. The minimum atomic E-state index is -0.164. The van der Waals surface area contributed by atoms with Crippen LogP contribution in [0.2, 0.25) is 0 Å². The Bertz CT molecular complexity index is 2860. The zero-order valence-electron chi connectivity index (χ0n) is 35.4. The van der Waals surface area contributed by atoms with Crippen molar-refractivity contribution in [2.75, 3.05) is 4.90 Å². The third-order valence-electron chi connectivity index (χ3n) is 11.6. The predicted octanol–water partition coefficient (Wildman–Crippen LogP) is 13.7.